The molecule has 0 spiro atoms. The van der Waals surface area contributed by atoms with Crippen molar-refractivity contribution in [1.82, 2.24) is 10.3 Å². The van der Waals surface area contributed by atoms with Gasteiger partial charge in [-0.15, -0.1) is 0 Å². The van der Waals surface area contributed by atoms with Crippen LogP contribution in [0.25, 0.3) is 11.1 Å². The second-order valence-electron chi connectivity index (χ2n) is 7.44. The molecule has 4 rings (SSSR count). The zero-order valence-electron chi connectivity index (χ0n) is 18.1. The Morgan fingerprint density at radius 1 is 1.12 bits per heavy atom. The SMILES string of the molecule is CCOc1ccc(C(=O)NC(=S)Nc2ccc(Cc3nc4cc(C)ccc4o3)cc2)cc1Br. The highest BCUT2D eigenvalue weighted by atomic mass is 79.9. The van der Waals surface area contributed by atoms with E-state index in [-0.39, 0.29) is 11.0 Å². The Bertz CT molecular complexity index is 1320. The molecule has 0 radical (unpaired) electrons. The van der Waals surface area contributed by atoms with Crippen molar-refractivity contribution >= 4 is 56.0 Å². The molecule has 1 aromatic heterocycles. The van der Waals surface area contributed by atoms with Crippen LogP contribution in [0, 0.1) is 6.92 Å². The van der Waals surface area contributed by atoms with Gasteiger partial charge >= 0.3 is 0 Å². The van der Waals surface area contributed by atoms with Crippen molar-refractivity contribution < 1.29 is 13.9 Å². The number of amides is 1. The Hall–Kier alpha value is -3.23. The van der Waals surface area contributed by atoms with Gasteiger partial charge in [0.2, 0.25) is 0 Å². The van der Waals surface area contributed by atoms with E-state index in [0.717, 1.165) is 27.9 Å². The van der Waals surface area contributed by atoms with Crippen LogP contribution in [0.2, 0.25) is 0 Å². The highest BCUT2D eigenvalue weighted by Crippen LogP contribution is 2.26. The first-order valence-corrected chi connectivity index (χ1v) is 11.6. The number of nitrogens with one attached hydrogen (secondary N) is 2. The average molecular weight is 524 g/mol. The first-order chi connectivity index (χ1) is 15.9. The van der Waals surface area contributed by atoms with E-state index in [9.17, 15) is 4.79 Å². The number of hydrogen-bond acceptors (Lipinski definition) is 5. The van der Waals surface area contributed by atoms with Crippen molar-refractivity contribution in [1.29, 1.82) is 0 Å². The van der Waals surface area contributed by atoms with Crippen LogP contribution >= 0.6 is 28.1 Å². The molecule has 8 heteroatoms. The monoisotopic (exact) mass is 523 g/mol. The molecule has 0 saturated heterocycles. The molecule has 0 aliphatic carbocycles. The van der Waals surface area contributed by atoms with Crippen LogP contribution in [0.3, 0.4) is 0 Å². The van der Waals surface area contributed by atoms with Gasteiger partial charge in [0.25, 0.3) is 5.91 Å². The van der Waals surface area contributed by atoms with Crippen LogP contribution in [0.4, 0.5) is 5.69 Å². The van der Waals surface area contributed by atoms with Crippen LogP contribution < -0.4 is 15.4 Å². The molecule has 0 aliphatic heterocycles. The number of oxazole rings is 1. The van der Waals surface area contributed by atoms with E-state index in [1.807, 2.05) is 56.3 Å². The second-order valence-corrected chi connectivity index (χ2v) is 8.70. The molecule has 0 unspecified atom stereocenters. The fourth-order valence-electron chi connectivity index (χ4n) is 3.29. The molecule has 3 aromatic carbocycles. The molecular weight excluding hydrogens is 502 g/mol. The number of carbonyl (C=O) groups is 1. The van der Waals surface area contributed by atoms with E-state index in [1.165, 1.54) is 0 Å². The van der Waals surface area contributed by atoms with Gasteiger partial charge in [-0.25, -0.2) is 4.98 Å². The molecule has 4 aromatic rings. The van der Waals surface area contributed by atoms with Crippen molar-refractivity contribution in [2.45, 2.75) is 20.3 Å². The fraction of sp³-hybridized carbons (Fsp3) is 0.160. The largest absolute Gasteiger partial charge is 0.493 e. The molecule has 33 heavy (non-hydrogen) atoms. The van der Waals surface area contributed by atoms with Crippen molar-refractivity contribution in [3.05, 3.63) is 87.7 Å². The lowest BCUT2D eigenvalue weighted by Gasteiger charge is -2.11. The summed E-state index contributed by atoms with van der Waals surface area (Å²) in [4.78, 5) is 17.1. The molecule has 0 aliphatic rings. The summed E-state index contributed by atoms with van der Waals surface area (Å²) in [5.74, 6) is 1.04. The predicted molar refractivity (Wildman–Crippen MR) is 137 cm³/mol. The lowest BCUT2D eigenvalue weighted by molar-refractivity contribution is 0.0977. The highest BCUT2D eigenvalue weighted by Gasteiger charge is 2.11. The average Bonchev–Trinajstić information content (AvgIpc) is 3.17. The summed E-state index contributed by atoms with van der Waals surface area (Å²) in [6.07, 6.45) is 0.585. The number of aryl methyl sites for hydroxylation is 1. The van der Waals surface area contributed by atoms with Gasteiger partial charge in [0, 0.05) is 17.7 Å². The third-order valence-corrected chi connectivity index (χ3v) is 5.70. The number of nitrogens with zero attached hydrogens (tertiary/aromatic N) is 1. The molecular formula is C25H22BrN3O3S. The minimum Gasteiger partial charge on any atom is -0.493 e. The molecule has 1 amide bonds. The van der Waals surface area contributed by atoms with Gasteiger partial charge in [-0.05, 0) is 95.6 Å². The van der Waals surface area contributed by atoms with Gasteiger partial charge in [-0.2, -0.15) is 0 Å². The van der Waals surface area contributed by atoms with Gasteiger partial charge < -0.3 is 14.5 Å². The van der Waals surface area contributed by atoms with Crippen LogP contribution in [0.15, 0.2) is 69.6 Å². The Balaban J connectivity index is 1.34. The minimum atomic E-state index is -0.306. The zero-order valence-corrected chi connectivity index (χ0v) is 20.5. The molecule has 0 saturated carbocycles. The number of rotatable bonds is 6. The second kappa shape index (κ2) is 10.1. The van der Waals surface area contributed by atoms with Crippen LogP contribution in [0.5, 0.6) is 5.75 Å². The summed E-state index contributed by atoms with van der Waals surface area (Å²) in [6.45, 7) is 4.48. The summed E-state index contributed by atoms with van der Waals surface area (Å²) in [5.41, 5.74) is 5.09. The van der Waals surface area contributed by atoms with Crippen molar-refractivity contribution in [2.75, 3.05) is 11.9 Å². The quantitative estimate of drug-likeness (QED) is 0.301. The Labute approximate surface area is 205 Å². The summed E-state index contributed by atoms with van der Waals surface area (Å²) >= 11 is 8.71. The lowest BCUT2D eigenvalue weighted by atomic mass is 10.1. The molecule has 1 heterocycles. The number of anilines is 1. The number of thiocarbonyl (C=S) groups is 1. The number of halogens is 1. The molecule has 2 N–H and O–H groups in total. The van der Waals surface area contributed by atoms with Crippen molar-refractivity contribution in [3.63, 3.8) is 0 Å². The topological polar surface area (TPSA) is 76.4 Å². The predicted octanol–water partition coefficient (Wildman–Crippen LogP) is 6.02. The molecule has 6 nitrogen and oxygen atoms in total. The highest BCUT2D eigenvalue weighted by molar-refractivity contribution is 9.10. The Kier molecular flexibility index (Phi) is 7.05. The number of aromatic nitrogens is 1. The van der Waals surface area contributed by atoms with E-state index in [1.54, 1.807) is 18.2 Å². The van der Waals surface area contributed by atoms with Crippen molar-refractivity contribution in [3.8, 4) is 5.75 Å². The summed E-state index contributed by atoms with van der Waals surface area (Å²) in [7, 11) is 0. The van der Waals surface area contributed by atoms with Crippen LogP contribution in [-0.4, -0.2) is 22.6 Å². The van der Waals surface area contributed by atoms with E-state index in [0.29, 0.717) is 34.7 Å². The van der Waals surface area contributed by atoms with E-state index < -0.39 is 0 Å². The number of fused-ring (bicyclic) bond motifs is 1. The number of benzene rings is 3. The molecule has 0 fully saturated rings. The van der Waals surface area contributed by atoms with E-state index in [4.69, 9.17) is 21.4 Å². The molecule has 168 valence electrons. The third-order valence-electron chi connectivity index (χ3n) is 4.88. The third kappa shape index (κ3) is 5.77. The maximum absolute atomic E-state index is 12.5. The molecule has 0 bridgehead atoms. The molecule has 0 atom stereocenters. The summed E-state index contributed by atoms with van der Waals surface area (Å²) < 4.78 is 12.0. The van der Waals surface area contributed by atoms with Gasteiger partial charge in [-0.3, -0.25) is 10.1 Å². The first-order valence-electron chi connectivity index (χ1n) is 10.4. The van der Waals surface area contributed by atoms with E-state index in [2.05, 4.69) is 31.5 Å². The normalized spacial score (nSPS) is 10.8. The number of carbonyl (C=O) groups excluding carboxylic acids is 1. The maximum atomic E-state index is 12.5. The van der Waals surface area contributed by atoms with E-state index >= 15 is 0 Å². The maximum Gasteiger partial charge on any atom is 0.257 e. The Morgan fingerprint density at radius 2 is 1.91 bits per heavy atom. The minimum absolute atomic E-state index is 0.215. The number of ether oxygens (including phenoxy) is 1. The standard InChI is InChI=1S/C25H22BrN3O3S/c1-3-31-21-11-7-17(14-19(21)26)24(30)29-25(33)27-18-8-5-16(6-9-18)13-23-28-20-12-15(2)4-10-22(20)32-23/h4-12,14H,3,13H2,1-2H3,(H2,27,29,30,33). The van der Waals surface area contributed by atoms with Crippen molar-refractivity contribution in [2.24, 2.45) is 0 Å². The van der Waals surface area contributed by atoms with Gasteiger partial charge in [0.1, 0.15) is 11.3 Å². The summed E-state index contributed by atoms with van der Waals surface area (Å²) in [6, 6.07) is 18.8. The Morgan fingerprint density at radius 3 is 2.64 bits per heavy atom. The summed E-state index contributed by atoms with van der Waals surface area (Å²) in [5, 5.41) is 5.94. The smallest absolute Gasteiger partial charge is 0.257 e. The van der Waals surface area contributed by atoms with Crippen LogP contribution in [-0.2, 0) is 6.42 Å². The first kappa shape index (κ1) is 22.9. The lowest BCUT2D eigenvalue weighted by Crippen LogP contribution is -2.34. The van der Waals surface area contributed by atoms with Gasteiger partial charge in [0.05, 0.1) is 11.1 Å². The van der Waals surface area contributed by atoms with Gasteiger partial charge in [0.15, 0.2) is 16.6 Å². The zero-order chi connectivity index (χ0) is 23.4. The van der Waals surface area contributed by atoms with Gasteiger partial charge in [-0.1, -0.05) is 18.2 Å². The number of hydrogen-bond donors (Lipinski definition) is 2. The van der Waals surface area contributed by atoms with Crippen LogP contribution in [0.1, 0.15) is 34.3 Å². The fourth-order valence-corrected chi connectivity index (χ4v) is 4.00.